The maximum atomic E-state index is 12.6. The molecule has 1 heterocycles. The summed E-state index contributed by atoms with van der Waals surface area (Å²) in [6.07, 6.45) is 0.0886. The van der Waals surface area contributed by atoms with Gasteiger partial charge in [-0.3, -0.25) is 9.59 Å². The average Bonchev–Trinajstić information content (AvgIpc) is 3.21. The van der Waals surface area contributed by atoms with E-state index in [0.29, 0.717) is 22.5 Å². The maximum absolute atomic E-state index is 12.6. The van der Waals surface area contributed by atoms with Gasteiger partial charge >= 0.3 is 5.97 Å². The van der Waals surface area contributed by atoms with Crippen molar-refractivity contribution in [3.05, 3.63) is 65.7 Å². The van der Waals surface area contributed by atoms with Gasteiger partial charge in [-0.15, -0.1) is 23.1 Å². The number of carbonyl (C=O) groups is 2. The quantitative estimate of drug-likeness (QED) is 0.210. The predicted octanol–water partition coefficient (Wildman–Crippen LogP) is 5.18. The zero-order valence-corrected chi connectivity index (χ0v) is 20.6. The molecule has 3 rings (SSSR count). The first-order valence-corrected chi connectivity index (χ1v) is 12.4. The summed E-state index contributed by atoms with van der Waals surface area (Å²) in [6, 6.07) is 17.4. The number of anilines is 3. The zero-order chi connectivity index (χ0) is 23.6. The number of hydrogen-bond donors (Lipinski definition) is 3. The first kappa shape index (κ1) is 24.7. The Kier molecular flexibility index (Phi) is 9.23. The summed E-state index contributed by atoms with van der Waals surface area (Å²) >= 11 is 8.09. The van der Waals surface area contributed by atoms with Crippen molar-refractivity contribution >= 4 is 68.8 Å². The second-order valence-electron chi connectivity index (χ2n) is 6.85. The van der Waals surface area contributed by atoms with Gasteiger partial charge in [0.05, 0.1) is 24.0 Å². The monoisotopic (exact) mass is 500 g/mol. The van der Waals surface area contributed by atoms with Crippen LogP contribution >= 0.6 is 35.3 Å². The van der Waals surface area contributed by atoms with Crippen LogP contribution in [-0.4, -0.2) is 33.8 Å². The molecule has 172 valence electrons. The molecule has 0 bridgehead atoms. The standard InChI is InChI=1S/C23H24N4O3S3/c1-3-30-20(28)13-18-14-32-23(26-18)27-21(29)15(2)33-19-11-7-10-17(12-19)25-22(31)24-16-8-5-4-6-9-16/h4-12,14-15H,3,13H2,1-2H3,(H2,24,25,31)(H,26,27,29). The third kappa shape index (κ3) is 8.16. The summed E-state index contributed by atoms with van der Waals surface area (Å²) in [6.45, 7) is 3.91. The van der Waals surface area contributed by atoms with Crippen molar-refractivity contribution < 1.29 is 14.3 Å². The van der Waals surface area contributed by atoms with Crippen molar-refractivity contribution in [1.82, 2.24) is 4.98 Å². The largest absolute Gasteiger partial charge is 0.466 e. The SMILES string of the molecule is CCOC(=O)Cc1csc(NC(=O)C(C)Sc2cccc(NC(=S)Nc3ccccc3)c2)n1. The second-order valence-corrected chi connectivity index (χ2v) is 9.53. The number of esters is 1. The van der Waals surface area contributed by atoms with Crippen LogP contribution in [-0.2, 0) is 20.7 Å². The molecule has 0 saturated heterocycles. The number of benzene rings is 2. The van der Waals surface area contributed by atoms with Crippen LogP contribution in [0.1, 0.15) is 19.5 Å². The van der Waals surface area contributed by atoms with E-state index in [4.69, 9.17) is 17.0 Å². The van der Waals surface area contributed by atoms with E-state index in [1.807, 2.05) is 61.5 Å². The number of aromatic nitrogens is 1. The van der Waals surface area contributed by atoms with E-state index in [0.717, 1.165) is 16.3 Å². The number of ether oxygens (including phenoxy) is 1. The highest BCUT2D eigenvalue weighted by Crippen LogP contribution is 2.27. The van der Waals surface area contributed by atoms with Gasteiger partial charge in [0, 0.05) is 21.7 Å². The van der Waals surface area contributed by atoms with Crippen LogP contribution in [0.2, 0.25) is 0 Å². The Morgan fingerprint density at radius 1 is 1.09 bits per heavy atom. The molecule has 2 aromatic carbocycles. The number of nitrogens with zero attached hydrogens (tertiary/aromatic N) is 1. The fraction of sp³-hybridized carbons (Fsp3) is 0.217. The molecule has 7 nitrogen and oxygen atoms in total. The Bertz CT molecular complexity index is 1110. The van der Waals surface area contributed by atoms with Crippen LogP contribution in [0.15, 0.2) is 64.9 Å². The van der Waals surface area contributed by atoms with Crippen molar-refractivity contribution in [3.8, 4) is 0 Å². The van der Waals surface area contributed by atoms with E-state index in [1.54, 1.807) is 12.3 Å². The third-order valence-corrected chi connectivity index (χ3v) is 6.32. The first-order chi connectivity index (χ1) is 15.9. The highest BCUT2D eigenvalue weighted by atomic mass is 32.2. The minimum atomic E-state index is -0.355. The smallest absolute Gasteiger partial charge is 0.311 e. The minimum Gasteiger partial charge on any atom is -0.466 e. The first-order valence-electron chi connectivity index (χ1n) is 10.2. The van der Waals surface area contributed by atoms with Gasteiger partial charge in [-0.1, -0.05) is 24.3 Å². The van der Waals surface area contributed by atoms with E-state index in [2.05, 4.69) is 20.9 Å². The third-order valence-electron chi connectivity index (χ3n) is 4.22. The average molecular weight is 501 g/mol. The van der Waals surface area contributed by atoms with Crippen LogP contribution < -0.4 is 16.0 Å². The normalized spacial score (nSPS) is 11.3. The number of hydrogen-bond acceptors (Lipinski definition) is 7. The summed E-state index contributed by atoms with van der Waals surface area (Å²) in [5, 5.41) is 11.4. The molecule has 3 N–H and O–H groups in total. The molecule has 0 spiro atoms. The number of rotatable bonds is 9. The molecule has 0 fully saturated rings. The lowest BCUT2D eigenvalue weighted by atomic mass is 10.3. The fourth-order valence-electron chi connectivity index (χ4n) is 2.73. The van der Waals surface area contributed by atoms with Gasteiger partial charge < -0.3 is 20.7 Å². The highest BCUT2D eigenvalue weighted by molar-refractivity contribution is 8.00. The fourth-order valence-corrected chi connectivity index (χ4v) is 4.61. The van der Waals surface area contributed by atoms with Crippen molar-refractivity contribution in [2.24, 2.45) is 0 Å². The Morgan fingerprint density at radius 3 is 2.58 bits per heavy atom. The van der Waals surface area contributed by atoms with Crippen molar-refractivity contribution in [3.63, 3.8) is 0 Å². The van der Waals surface area contributed by atoms with Crippen LogP contribution in [0, 0.1) is 0 Å². The maximum Gasteiger partial charge on any atom is 0.311 e. The number of para-hydroxylation sites is 1. The molecule has 1 unspecified atom stereocenters. The number of thiazole rings is 1. The van der Waals surface area contributed by atoms with Gasteiger partial charge in [0.1, 0.15) is 0 Å². The minimum absolute atomic E-state index is 0.0886. The Morgan fingerprint density at radius 2 is 1.82 bits per heavy atom. The highest BCUT2D eigenvalue weighted by Gasteiger charge is 2.17. The van der Waals surface area contributed by atoms with Gasteiger partial charge in [0.25, 0.3) is 0 Å². The number of thioether (sulfide) groups is 1. The molecular weight excluding hydrogens is 476 g/mol. The molecule has 33 heavy (non-hydrogen) atoms. The lowest BCUT2D eigenvalue weighted by Crippen LogP contribution is -2.22. The molecular formula is C23H24N4O3S3. The zero-order valence-electron chi connectivity index (χ0n) is 18.2. The summed E-state index contributed by atoms with van der Waals surface area (Å²) in [5.41, 5.74) is 2.30. The molecule has 0 aliphatic carbocycles. The molecule has 1 aromatic heterocycles. The summed E-state index contributed by atoms with van der Waals surface area (Å²) in [4.78, 5) is 29.4. The molecule has 0 radical (unpaired) electrons. The Balaban J connectivity index is 1.52. The van der Waals surface area contributed by atoms with Crippen molar-refractivity contribution in [2.75, 3.05) is 22.6 Å². The van der Waals surface area contributed by atoms with Gasteiger partial charge in [-0.05, 0) is 56.4 Å². The second kappa shape index (κ2) is 12.3. The molecule has 0 aliphatic rings. The van der Waals surface area contributed by atoms with Crippen LogP contribution in [0.4, 0.5) is 16.5 Å². The summed E-state index contributed by atoms with van der Waals surface area (Å²) in [7, 11) is 0. The molecule has 10 heteroatoms. The summed E-state index contributed by atoms with van der Waals surface area (Å²) in [5.74, 6) is -0.506. The molecule has 0 saturated carbocycles. The van der Waals surface area contributed by atoms with Crippen LogP contribution in [0.3, 0.4) is 0 Å². The lowest BCUT2D eigenvalue weighted by Gasteiger charge is -2.13. The van der Waals surface area contributed by atoms with E-state index in [9.17, 15) is 9.59 Å². The molecule has 1 atom stereocenters. The van der Waals surface area contributed by atoms with Gasteiger partial charge in [-0.2, -0.15) is 0 Å². The van der Waals surface area contributed by atoms with Gasteiger partial charge in [0.15, 0.2) is 10.2 Å². The van der Waals surface area contributed by atoms with Crippen molar-refractivity contribution in [2.45, 2.75) is 30.4 Å². The van der Waals surface area contributed by atoms with Crippen LogP contribution in [0.25, 0.3) is 0 Å². The van der Waals surface area contributed by atoms with E-state index in [-0.39, 0.29) is 23.5 Å². The Hall–Kier alpha value is -2.95. The number of thiocarbonyl (C=S) groups is 1. The lowest BCUT2D eigenvalue weighted by molar-refractivity contribution is -0.142. The number of nitrogens with one attached hydrogen (secondary N) is 3. The Labute approximate surface area is 206 Å². The molecule has 3 aromatic rings. The van der Waals surface area contributed by atoms with E-state index in [1.165, 1.54) is 23.1 Å². The van der Waals surface area contributed by atoms with E-state index >= 15 is 0 Å². The van der Waals surface area contributed by atoms with Gasteiger partial charge in [0.2, 0.25) is 5.91 Å². The van der Waals surface area contributed by atoms with Crippen LogP contribution in [0.5, 0.6) is 0 Å². The predicted molar refractivity (Wildman–Crippen MR) is 139 cm³/mol. The molecule has 0 aliphatic heterocycles. The topological polar surface area (TPSA) is 92.3 Å². The number of carbonyl (C=O) groups excluding carboxylic acids is 2. The van der Waals surface area contributed by atoms with Gasteiger partial charge in [-0.25, -0.2) is 4.98 Å². The molecule has 1 amide bonds. The summed E-state index contributed by atoms with van der Waals surface area (Å²) < 4.78 is 4.92. The number of amides is 1. The van der Waals surface area contributed by atoms with Crippen molar-refractivity contribution in [1.29, 1.82) is 0 Å². The van der Waals surface area contributed by atoms with E-state index < -0.39 is 0 Å².